The first kappa shape index (κ1) is 11.0. The molecule has 1 aromatic carbocycles. The number of sulfone groups is 1. The van der Waals surface area contributed by atoms with Gasteiger partial charge in [0.25, 0.3) is 0 Å². The van der Waals surface area contributed by atoms with Crippen LogP contribution in [0.25, 0.3) is 0 Å². The second kappa shape index (κ2) is 4.41. The van der Waals surface area contributed by atoms with Gasteiger partial charge >= 0.3 is 0 Å². The quantitative estimate of drug-likeness (QED) is 0.804. The van der Waals surface area contributed by atoms with Gasteiger partial charge in [0, 0.05) is 3.57 Å². The molecule has 0 aliphatic rings. The molecule has 1 rings (SSSR count). The number of hydrogen-bond donors (Lipinski definition) is 0. The summed E-state index contributed by atoms with van der Waals surface area (Å²) in [6.45, 7) is 1.87. The average Bonchev–Trinajstić information content (AvgIpc) is 2.05. The minimum atomic E-state index is -3.03. The van der Waals surface area contributed by atoms with Gasteiger partial charge in [0.1, 0.15) is 0 Å². The van der Waals surface area contributed by atoms with E-state index < -0.39 is 9.84 Å². The van der Waals surface area contributed by atoms with Crippen LogP contribution in [-0.2, 0) is 9.84 Å². The monoisotopic (exact) mass is 310 g/mol. The van der Waals surface area contributed by atoms with E-state index in [1.54, 1.807) is 12.1 Å². The lowest BCUT2D eigenvalue weighted by atomic mass is 10.4. The van der Waals surface area contributed by atoms with Gasteiger partial charge in [-0.3, -0.25) is 0 Å². The Labute approximate surface area is 92.4 Å². The Kier molecular flexibility index (Phi) is 3.73. The highest BCUT2D eigenvalue weighted by Crippen LogP contribution is 2.14. The van der Waals surface area contributed by atoms with Crippen molar-refractivity contribution in [1.29, 1.82) is 0 Å². The van der Waals surface area contributed by atoms with E-state index in [4.69, 9.17) is 0 Å². The van der Waals surface area contributed by atoms with Crippen LogP contribution in [0.3, 0.4) is 0 Å². The number of halogens is 1. The maximum Gasteiger partial charge on any atom is 0.178 e. The first-order chi connectivity index (χ1) is 6.06. The molecule has 0 atom stereocenters. The smallest absolute Gasteiger partial charge is 0.178 e. The van der Waals surface area contributed by atoms with Crippen molar-refractivity contribution >= 4 is 32.4 Å². The van der Waals surface area contributed by atoms with Gasteiger partial charge in [0.05, 0.1) is 10.6 Å². The third kappa shape index (κ3) is 2.95. The largest absolute Gasteiger partial charge is 0.224 e. The summed E-state index contributed by atoms with van der Waals surface area (Å²) in [7, 11) is -3.03. The molecule has 0 saturated heterocycles. The molecule has 0 N–H and O–H groups in total. The van der Waals surface area contributed by atoms with E-state index in [2.05, 4.69) is 22.6 Å². The Morgan fingerprint density at radius 2 is 1.77 bits per heavy atom. The maximum atomic E-state index is 11.5. The summed E-state index contributed by atoms with van der Waals surface area (Å²) < 4.78 is 24.1. The van der Waals surface area contributed by atoms with E-state index in [1.165, 1.54) is 0 Å². The van der Waals surface area contributed by atoms with Gasteiger partial charge in [-0.05, 0) is 53.3 Å². The molecule has 4 heteroatoms. The molecule has 0 saturated carbocycles. The van der Waals surface area contributed by atoms with E-state index in [-0.39, 0.29) is 5.75 Å². The summed E-state index contributed by atoms with van der Waals surface area (Å²) in [4.78, 5) is 0.426. The standard InChI is InChI=1S/C9H11IO2S/c1-2-7-13(11,12)9-5-3-8(10)4-6-9/h3-6H,2,7H2,1H3. The van der Waals surface area contributed by atoms with Crippen molar-refractivity contribution in [2.24, 2.45) is 0 Å². The summed E-state index contributed by atoms with van der Waals surface area (Å²) in [6.07, 6.45) is 0.661. The Morgan fingerprint density at radius 1 is 1.23 bits per heavy atom. The van der Waals surface area contributed by atoms with Crippen LogP contribution < -0.4 is 0 Å². The fraction of sp³-hybridized carbons (Fsp3) is 0.333. The van der Waals surface area contributed by atoms with Gasteiger partial charge in [0.15, 0.2) is 9.84 Å². The lowest BCUT2D eigenvalue weighted by molar-refractivity contribution is 0.594. The molecule has 1 aromatic rings. The van der Waals surface area contributed by atoms with Gasteiger partial charge < -0.3 is 0 Å². The molecule has 0 amide bonds. The minimum Gasteiger partial charge on any atom is -0.224 e. The first-order valence-corrected chi connectivity index (χ1v) is 6.77. The van der Waals surface area contributed by atoms with Crippen LogP contribution in [0.1, 0.15) is 13.3 Å². The van der Waals surface area contributed by atoms with Crippen molar-refractivity contribution < 1.29 is 8.42 Å². The highest BCUT2D eigenvalue weighted by Gasteiger charge is 2.11. The van der Waals surface area contributed by atoms with Gasteiger partial charge in [-0.25, -0.2) is 8.42 Å². The minimum absolute atomic E-state index is 0.230. The molecular formula is C9H11IO2S. The van der Waals surface area contributed by atoms with Gasteiger partial charge in [-0.1, -0.05) is 6.92 Å². The summed E-state index contributed by atoms with van der Waals surface area (Å²) >= 11 is 2.15. The molecular weight excluding hydrogens is 299 g/mol. The summed E-state index contributed by atoms with van der Waals surface area (Å²) in [6, 6.07) is 6.94. The van der Waals surface area contributed by atoms with Crippen LogP contribution in [0.4, 0.5) is 0 Å². The van der Waals surface area contributed by atoms with Crippen LogP contribution in [0.2, 0.25) is 0 Å². The molecule has 0 bridgehead atoms. The van der Waals surface area contributed by atoms with Crippen LogP contribution in [0, 0.1) is 3.57 Å². The highest BCUT2D eigenvalue weighted by molar-refractivity contribution is 14.1. The number of rotatable bonds is 3. The van der Waals surface area contributed by atoms with Crippen molar-refractivity contribution in [3.05, 3.63) is 27.8 Å². The molecule has 0 spiro atoms. The van der Waals surface area contributed by atoms with Crippen LogP contribution in [0.5, 0.6) is 0 Å². The SMILES string of the molecule is CCCS(=O)(=O)c1ccc(I)cc1. The predicted molar refractivity (Wildman–Crippen MR) is 61.5 cm³/mol. The zero-order valence-electron chi connectivity index (χ0n) is 7.33. The van der Waals surface area contributed by atoms with E-state index in [1.807, 2.05) is 19.1 Å². The molecule has 72 valence electrons. The zero-order valence-corrected chi connectivity index (χ0v) is 10.3. The number of benzene rings is 1. The van der Waals surface area contributed by atoms with Crippen molar-refractivity contribution in [2.75, 3.05) is 5.75 Å². The van der Waals surface area contributed by atoms with E-state index >= 15 is 0 Å². The average molecular weight is 310 g/mol. The second-order valence-corrected chi connectivity index (χ2v) is 6.13. The van der Waals surface area contributed by atoms with Crippen molar-refractivity contribution in [3.63, 3.8) is 0 Å². The molecule has 0 fully saturated rings. The fourth-order valence-electron chi connectivity index (χ4n) is 1.03. The molecule has 13 heavy (non-hydrogen) atoms. The Hall–Kier alpha value is -0.100. The lowest BCUT2D eigenvalue weighted by Gasteiger charge is -2.01. The summed E-state index contributed by atoms with van der Waals surface area (Å²) in [5.41, 5.74) is 0. The topological polar surface area (TPSA) is 34.1 Å². The maximum absolute atomic E-state index is 11.5. The molecule has 0 aliphatic carbocycles. The van der Waals surface area contributed by atoms with Crippen LogP contribution >= 0.6 is 22.6 Å². The van der Waals surface area contributed by atoms with Crippen molar-refractivity contribution in [1.82, 2.24) is 0 Å². The fourth-order valence-corrected chi connectivity index (χ4v) is 2.71. The normalized spacial score (nSPS) is 11.5. The van der Waals surface area contributed by atoms with Gasteiger partial charge in [-0.2, -0.15) is 0 Å². The second-order valence-electron chi connectivity index (χ2n) is 2.77. The highest BCUT2D eigenvalue weighted by atomic mass is 127. The molecule has 0 heterocycles. The first-order valence-electron chi connectivity index (χ1n) is 4.04. The Morgan fingerprint density at radius 3 is 2.23 bits per heavy atom. The lowest BCUT2D eigenvalue weighted by Crippen LogP contribution is -2.05. The summed E-state index contributed by atoms with van der Waals surface area (Å²) in [5.74, 6) is 0.230. The van der Waals surface area contributed by atoms with Crippen molar-refractivity contribution in [3.8, 4) is 0 Å². The molecule has 0 aliphatic heterocycles. The molecule has 0 unspecified atom stereocenters. The molecule has 0 aromatic heterocycles. The third-order valence-corrected chi connectivity index (χ3v) is 4.30. The van der Waals surface area contributed by atoms with E-state index in [0.29, 0.717) is 11.3 Å². The van der Waals surface area contributed by atoms with Crippen LogP contribution in [-0.4, -0.2) is 14.2 Å². The van der Waals surface area contributed by atoms with Crippen LogP contribution in [0.15, 0.2) is 29.2 Å². The Balaban J connectivity index is 3.02. The molecule has 0 radical (unpaired) electrons. The van der Waals surface area contributed by atoms with E-state index in [9.17, 15) is 8.42 Å². The summed E-state index contributed by atoms with van der Waals surface area (Å²) in [5, 5.41) is 0. The zero-order chi connectivity index (χ0) is 9.90. The predicted octanol–water partition coefficient (Wildman–Crippen LogP) is 2.47. The number of hydrogen-bond acceptors (Lipinski definition) is 2. The molecule has 2 nitrogen and oxygen atoms in total. The van der Waals surface area contributed by atoms with Crippen molar-refractivity contribution in [2.45, 2.75) is 18.2 Å². The third-order valence-electron chi connectivity index (χ3n) is 1.65. The van der Waals surface area contributed by atoms with E-state index in [0.717, 1.165) is 3.57 Å². The Bertz CT molecular complexity index is 367. The van der Waals surface area contributed by atoms with Gasteiger partial charge in [0.2, 0.25) is 0 Å². The van der Waals surface area contributed by atoms with Gasteiger partial charge in [-0.15, -0.1) is 0 Å².